The number of unbranched alkanes of at least 4 members (excludes halogenated alkanes) is 2. The molecule has 1 atom stereocenters. The maximum atomic E-state index is 5.18. The van der Waals surface area contributed by atoms with Gasteiger partial charge in [0.05, 0.1) is 4.83 Å². The van der Waals surface area contributed by atoms with Crippen LogP contribution in [-0.2, 0) is 0 Å². The van der Waals surface area contributed by atoms with Crippen LogP contribution in [0.1, 0.15) is 25.7 Å². The number of terminal acetylenes is 1. The van der Waals surface area contributed by atoms with Gasteiger partial charge in [0.1, 0.15) is 0 Å². The summed E-state index contributed by atoms with van der Waals surface area (Å²) in [5, 5.41) is 1.11. The molecule has 2 heteroatoms. The maximum absolute atomic E-state index is 5.18. The highest BCUT2D eigenvalue weighted by Crippen LogP contribution is 2.10. The Labute approximate surface area is 80.0 Å². The van der Waals surface area contributed by atoms with Crippen molar-refractivity contribution in [1.82, 2.24) is 0 Å². The van der Waals surface area contributed by atoms with Crippen LogP contribution in [0.2, 0.25) is 0 Å². The summed E-state index contributed by atoms with van der Waals surface area (Å²) in [6.45, 7) is 0. The molecule has 0 heterocycles. The molecule has 0 radical (unpaired) electrons. The first-order chi connectivity index (χ1) is 4.81. The second kappa shape index (κ2) is 7.63. The minimum Gasteiger partial charge on any atom is -0.119 e. The molecule has 0 N–H and O–H groups in total. The molecule has 0 nitrogen and oxygen atoms in total. The number of halogens is 2. The van der Waals surface area contributed by atoms with Crippen molar-refractivity contribution in [1.29, 1.82) is 0 Å². The third-order valence-electron chi connectivity index (χ3n) is 1.27. The van der Waals surface area contributed by atoms with Crippen LogP contribution in [0.5, 0.6) is 0 Å². The zero-order valence-corrected chi connectivity index (χ0v) is 9.12. The number of rotatable bonds is 5. The Morgan fingerprint density at radius 3 is 2.50 bits per heavy atom. The van der Waals surface area contributed by atoms with Crippen LogP contribution >= 0.6 is 31.9 Å². The average Bonchev–Trinajstić information content (AvgIpc) is 1.98. The van der Waals surface area contributed by atoms with Gasteiger partial charge in [-0.2, -0.15) is 0 Å². The van der Waals surface area contributed by atoms with Gasteiger partial charge >= 0.3 is 0 Å². The van der Waals surface area contributed by atoms with Gasteiger partial charge in [-0.15, -0.1) is 6.42 Å². The summed E-state index contributed by atoms with van der Waals surface area (Å²) in [5.41, 5.74) is 0. The monoisotopic (exact) mass is 266 g/mol. The van der Waals surface area contributed by atoms with Crippen LogP contribution in [0.15, 0.2) is 0 Å². The molecule has 1 unspecified atom stereocenters. The fourth-order valence-electron chi connectivity index (χ4n) is 0.678. The Morgan fingerprint density at radius 1 is 1.30 bits per heavy atom. The quantitative estimate of drug-likeness (QED) is 0.407. The van der Waals surface area contributed by atoms with E-state index >= 15 is 0 Å². The van der Waals surface area contributed by atoms with E-state index in [1.165, 1.54) is 19.3 Å². The van der Waals surface area contributed by atoms with Gasteiger partial charge in [0.2, 0.25) is 0 Å². The summed E-state index contributed by atoms with van der Waals surface area (Å²) in [7, 11) is 0. The average molecular weight is 268 g/mol. The Hall–Kier alpha value is 0.520. The molecule has 0 aliphatic heterocycles. The van der Waals surface area contributed by atoms with Crippen molar-refractivity contribution >= 4 is 31.9 Å². The molecular weight excluding hydrogens is 256 g/mol. The Bertz CT molecular complexity index is 104. The lowest BCUT2D eigenvalue weighted by Gasteiger charge is -1.99. The zero-order chi connectivity index (χ0) is 7.82. The molecule has 0 rings (SSSR count). The topological polar surface area (TPSA) is 0 Å². The van der Waals surface area contributed by atoms with E-state index in [1.54, 1.807) is 0 Å². The number of alkyl halides is 2. The second-order valence-electron chi connectivity index (χ2n) is 2.17. The van der Waals surface area contributed by atoms with Crippen LogP contribution in [0.3, 0.4) is 0 Å². The molecule has 0 bridgehead atoms. The van der Waals surface area contributed by atoms with E-state index < -0.39 is 0 Å². The van der Waals surface area contributed by atoms with Gasteiger partial charge in [-0.3, -0.25) is 0 Å². The highest BCUT2D eigenvalue weighted by atomic mass is 79.9. The Kier molecular flexibility index (Phi) is 8.02. The van der Waals surface area contributed by atoms with Crippen LogP contribution < -0.4 is 0 Å². The van der Waals surface area contributed by atoms with Crippen LogP contribution in [-0.4, -0.2) is 10.2 Å². The summed E-state index contributed by atoms with van der Waals surface area (Å²) >= 11 is 6.76. The minimum absolute atomic E-state index is 0.280. The standard InChI is InChI=1S/C8H12Br2/c1-2-8(10)6-4-3-5-7-9/h1,8H,3-7H2. The predicted octanol–water partition coefficient (Wildman–Crippen LogP) is 3.34. The van der Waals surface area contributed by atoms with E-state index in [-0.39, 0.29) is 4.83 Å². The van der Waals surface area contributed by atoms with Gasteiger partial charge in [0, 0.05) is 5.33 Å². The third-order valence-corrected chi connectivity index (χ3v) is 2.55. The van der Waals surface area contributed by atoms with E-state index in [1.807, 2.05) is 0 Å². The molecule has 58 valence electrons. The molecule has 0 aliphatic rings. The molecule has 0 fully saturated rings. The van der Waals surface area contributed by atoms with Crippen molar-refractivity contribution in [2.45, 2.75) is 30.5 Å². The summed E-state index contributed by atoms with van der Waals surface area (Å²) in [4.78, 5) is 0.280. The Morgan fingerprint density at radius 2 is 2.00 bits per heavy atom. The molecule has 0 aliphatic carbocycles. The first-order valence-corrected chi connectivity index (χ1v) is 5.51. The largest absolute Gasteiger partial charge is 0.119 e. The normalized spacial score (nSPS) is 12.5. The van der Waals surface area contributed by atoms with Gasteiger partial charge in [0.25, 0.3) is 0 Å². The molecule has 0 spiro atoms. The fourth-order valence-corrected chi connectivity index (χ4v) is 1.40. The van der Waals surface area contributed by atoms with Crippen molar-refractivity contribution in [3.8, 4) is 12.3 Å². The van der Waals surface area contributed by atoms with Gasteiger partial charge in [0.15, 0.2) is 0 Å². The molecule has 0 amide bonds. The summed E-state index contributed by atoms with van der Waals surface area (Å²) < 4.78 is 0. The zero-order valence-electron chi connectivity index (χ0n) is 5.95. The molecule has 0 aromatic rings. The van der Waals surface area contributed by atoms with Crippen LogP contribution in [0.25, 0.3) is 0 Å². The van der Waals surface area contributed by atoms with Crippen LogP contribution in [0, 0.1) is 12.3 Å². The van der Waals surface area contributed by atoms with Crippen molar-refractivity contribution in [3.63, 3.8) is 0 Å². The van der Waals surface area contributed by atoms with E-state index in [4.69, 9.17) is 6.42 Å². The first kappa shape index (κ1) is 10.5. The lowest BCUT2D eigenvalue weighted by Crippen LogP contribution is -1.92. The van der Waals surface area contributed by atoms with Gasteiger partial charge in [-0.25, -0.2) is 0 Å². The van der Waals surface area contributed by atoms with E-state index in [0.717, 1.165) is 11.8 Å². The number of hydrogen-bond acceptors (Lipinski definition) is 0. The van der Waals surface area contributed by atoms with Gasteiger partial charge in [-0.1, -0.05) is 50.6 Å². The van der Waals surface area contributed by atoms with Crippen molar-refractivity contribution in [3.05, 3.63) is 0 Å². The highest BCUT2D eigenvalue weighted by molar-refractivity contribution is 9.09. The van der Waals surface area contributed by atoms with Gasteiger partial charge < -0.3 is 0 Å². The van der Waals surface area contributed by atoms with Crippen molar-refractivity contribution in [2.24, 2.45) is 0 Å². The number of hydrogen-bond donors (Lipinski definition) is 0. The molecule has 0 saturated heterocycles. The van der Waals surface area contributed by atoms with Crippen molar-refractivity contribution < 1.29 is 0 Å². The second-order valence-corrected chi connectivity index (χ2v) is 4.07. The Balaban J connectivity index is 2.98. The third kappa shape index (κ3) is 6.64. The molecule has 0 aromatic heterocycles. The molecule has 10 heavy (non-hydrogen) atoms. The minimum atomic E-state index is 0.280. The van der Waals surface area contributed by atoms with E-state index in [0.29, 0.717) is 0 Å². The lowest BCUT2D eigenvalue weighted by molar-refractivity contribution is 0.694. The van der Waals surface area contributed by atoms with E-state index in [9.17, 15) is 0 Å². The summed E-state index contributed by atoms with van der Waals surface area (Å²) in [6.07, 6.45) is 10.0. The molecule has 0 saturated carbocycles. The van der Waals surface area contributed by atoms with Gasteiger partial charge in [-0.05, 0) is 12.8 Å². The fraction of sp³-hybridized carbons (Fsp3) is 0.750. The summed E-state index contributed by atoms with van der Waals surface area (Å²) in [5.74, 6) is 2.65. The molecule has 0 aromatic carbocycles. The predicted molar refractivity (Wildman–Crippen MR) is 53.8 cm³/mol. The van der Waals surface area contributed by atoms with E-state index in [2.05, 4.69) is 37.8 Å². The first-order valence-electron chi connectivity index (χ1n) is 3.47. The van der Waals surface area contributed by atoms with Crippen LogP contribution in [0.4, 0.5) is 0 Å². The molecular formula is C8H12Br2. The SMILES string of the molecule is C#CC(Br)CCCCCBr. The van der Waals surface area contributed by atoms with Crippen molar-refractivity contribution in [2.75, 3.05) is 5.33 Å². The summed E-state index contributed by atoms with van der Waals surface area (Å²) in [6, 6.07) is 0. The highest BCUT2D eigenvalue weighted by Gasteiger charge is 1.96. The lowest BCUT2D eigenvalue weighted by atomic mass is 10.2. The smallest absolute Gasteiger partial charge is 0.0752 e. The maximum Gasteiger partial charge on any atom is 0.0752 e.